The van der Waals surface area contributed by atoms with Gasteiger partial charge in [-0.05, 0) is 6.92 Å². The van der Waals surface area contributed by atoms with E-state index in [9.17, 15) is 0 Å². The molecule has 0 aliphatic rings. The van der Waals surface area contributed by atoms with Crippen LogP contribution in [0.3, 0.4) is 0 Å². The monoisotopic (exact) mass is 86.1 g/mol. The van der Waals surface area contributed by atoms with Crippen LogP contribution in [-0.2, 0) is 0 Å². The second-order valence-corrected chi connectivity index (χ2v) is 1.07. The number of nitrogens with two attached hydrogens (primary N) is 2. The minimum absolute atomic E-state index is 0.469. The molecule has 2 heteroatoms. The molecule has 0 saturated heterocycles. The summed E-state index contributed by atoms with van der Waals surface area (Å²) in [5.41, 5.74) is 11.0. The van der Waals surface area contributed by atoms with Crippen LogP contribution in [0.2, 0.25) is 0 Å². The Bertz CT molecular complexity index is 56.6. The van der Waals surface area contributed by atoms with Crippen molar-refractivity contribution in [2.24, 2.45) is 11.5 Å². The lowest BCUT2D eigenvalue weighted by molar-refractivity contribution is 1.10. The summed E-state index contributed by atoms with van der Waals surface area (Å²) in [6.07, 6.45) is 1.79. The maximum atomic E-state index is 5.21. The molecule has 0 atom stereocenters. The van der Waals surface area contributed by atoms with Gasteiger partial charge in [0.1, 0.15) is 0 Å². The van der Waals surface area contributed by atoms with Gasteiger partial charge in [-0.15, -0.1) is 0 Å². The molecule has 0 unspecified atom stereocenters. The first kappa shape index (κ1) is 5.50. The molecule has 0 amide bonds. The minimum atomic E-state index is 0.469. The van der Waals surface area contributed by atoms with Crippen molar-refractivity contribution in [2.45, 2.75) is 6.92 Å². The van der Waals surface area contributed by atoms with Crippen molar-refractivity contribution in [2.75, 3.05) is 6.54 Å². The van der Waals surface area contributed by atoms with Crippen LogP contribution in [0.4, 0.5) is 0 Å². The summed E-state index contributed by atoms with van der Waals surface area (Å²) in [6.45, 7) is 2.33. The second-order valence-electron chi connectivity index (χ2n) is 1.07. The first-order chi connectivity index (χ1) is 2.81. The average molecular weight is 86.1 g/mol. The van der Waals surface area contributed by atoms with Crippen LogP contribution in [0.15, 0.2) is 11.8 Å². The molecule has 0 aliphatic carbocycles. The maximum absolute atomic E-state index is 5.21. The molecule has 0 rings (SSSR count). The molecule has 0 saturated carbocycles. The third kappa shape index (κ3) is 1.79. The molecule has 0 aromatic rings. The summed E-state index contributed by atoms with van der Waals surface area (Å²) in [7, 11) is 0. The van der Waals surface area contributed by atoms with Crippen LogP contribution in [0.1, 0.15) is 6.92 Å². The first-order valence-corrected chi connectivity index (χ1v) is 1.92. The van der Waals surface area contributed by atoms with E-state index in [1.165, 1.54) is 0 Å². The van der Waals surface area contributed by atoms with E-state index >= 15 is 0 Å². The SMILES string of the molecule is CC=C(N)CN. The number of allylic oxidation sites excluding steroid dienone is 1. The molecule has 0 aliphatic heterocycles. The van der Waals surface area contributed by atoms with Crippen LogP contribution in [0, 0.1) is 0 Å². The van der Waals surface area contributed by atoms with Gasteiger partial charge in [-0.2, -0.15) is 0 Å². The predicted molar refractivity (Wildman–Crippen MR) is 27.0 cm³/mol. The van der Waals surface area contributed by atoms with Gasteiger partial charge in [0.2, 0.25) is 0 Å². The van der Waals surface area contributed by atoms with Crippen molar-refractivity contribution >= 4 is 0 Å². The van der Waals surface area contributed by atoms with Gasteiger partial charge in [0.15, 0.2) is 0 Å². The fourth-order valence-electron chi connectivity index (χ4n) is 0.118. The highest BCUT2D eigenvalue weighted by Gasteiger charge is 1.73. The van der Waals surface area contributed by atoms with Gasteiger partial charge in [0.05, 0.1) is 0 Å². The van der Waals surface area contributed by atoms with E-state index in [0.29, 0.717) is 6.54 Å². The van der Waals surface area contributed by atoms with Gasteiger partial charge in [-0.1, -0.05) is 6.08 Å². The van der Waals surface area contributed by atoms with Gasteiger partial charge < -0.3 is 11.5 Å². The van der Waals surface area contributed by atoms with Crippen LogP contribution in [0.5, 0.6) is 0 Å². The molecule has 6 heavy (non-hydrogen) atoms. The Labute approximate surface area is 37.8 Å². The quantitative estimate of drug-likeness (QED) is 0.464. The lowest BCUT2D eigenvalue weighted by atomic mass is 10.4. The third-order valence-electron chi connectivity index (χ3n) is 0.606. The Balaban J connectivity index is 3.22. The summed E-state index contributed by atoms with van der Waals surface area (Å²) < 4.78 is 0. The van der Waals surface area contributed by atoms with Gasteiger partial charge in [-0.3, -0.25) is 0 Å². The van der Waals surface area contributed by atoms with Crippen molar-refractivity contribution < 1.29 is 0 Å². The van der Waals surface area contributed by atoms with Crippen LogP contribution < -0.4 is 11.5 Å². The van der Waals surface area contributed by atoms with E-state index in [1.807, 2.05) is 6.92 Å². The van der Waals surface area contributed by atoms with Crippen LogP contribution >= 0.6 is 0 Å². The Morgan fingerprint density at radius 3 is 2.33 bits per heavy atom. The fraction of sp³-hybridized carbons (Fsp3) is 0.500. The van der Waals surface area contributed by atoms with E-state index in [4.69, 9.17) is 11.5 Å². The van der Waals surface area contributed by atoms with Gasteiger partial charge >= 0.3 is 0 Å². The third-order valence-corrected chi connectivity index (χ3v) is 0.606. The molecule has 0 aromatic heterocycles. The Hall–Kier alpha value is -0.500. The lowest BCUT2D eigenvalue weighted by Gasteiger charge is -1.87. The highest BCUT2D eigenvalue weighted by Crippen LogP contribution is 1.71. The van der Waals surface area contributed by atoms with Crippen molar-refractivity contribution in [3.63, 3.8) is 0 Å². The Kier molecular flexibility index (Phi) is 2.50. The van der Waals surface area contributed by atoms with E-state index in [2.05, 4.69) is 0 Å². The van der Waals surface area contributed by atoms with Gasteiger partial charge in [0.25, 0.3) is 0 Å². The smallest absolute Gasteiger partial charge is 0.0323 e. The van der Waals surface area contributed by atoms with Crippen molar-refractivity contribution in [3.05, 3.63) is 11.8 Å². The van der Waals surface area contributed by atoms with E-state index in [0.717, 1.165) is 5.70 Å². The standard InChI is InChI=1S/C4H10N2/c1-2-4(6)3-5/h2H,3,5-6H2,1H3. The molecule has 4 N–H and O–H groups in total. The number of hydrogen-bond donors (Lipinski definition) is 2. The molecular formula is C4H10N2. The zero-order chi connectivity index (χ0) is 4.99. The molecule has 0 aromatic carbocycles. The minimum Gasteiger partial charge on any atom is -0.401 e. The average Bonchev–Trinajstić information content (AvgIpc) is 1.65. The summed E-state index contributed by atoms with van der Waals surface area (Å²) in [4.78, 5) is 0. The second kappa shape index (κ2) is 2.72. The van der Waals surface area contributed by atoms with E-state index in [-0.39, 0.29) is 0 Å². The zero-order valence-electron chi connectivity index (χ0n) is 3.94. The molecule has 0 spiro atoms. The summed E-state index contributed by atoms with van der Waals surface area (Å²) in [5, 5.41) is 0. The molecular weight excluding hydrogens is 76.1 g/mol. The first-order valence-electron chi connectivity index (χ1n) is 1.92. The van der Waals surface area contributed by atoms with E-state index < -0.39 is 0 Å². The highest BCUT2D eigenvalue weighted by molar-refractivity contribution is 4.94. The normalized spacial score (nSPS) is 12.0. The van der Waals surface area contributed by atoms with E-state index in [1.54, 1.807) is 6.08 Å². The number of hydrogen-bond acceptors (Lipinski definition) is 2. The van der Waals surface area contributed by atoms with Crippen molar-refractivity contribution in [1.29, 1.82) is 0 Å². The molecule has 0 bridgehead atoms. The van der Waals surface area contributed by atoms with Gasteiger partial charge in [-0.25, -0.2) is 0 Å². The fourth-order valence-corrected chi connectivity index (χ4v) is 0.118. The largest absolute Gasteiger partial charge is 0.401 e. The number of rotatable bonds is 1. The molecule has 36 valence electrons. The predicted octanol–water partition coefficient (Wildman–Crippen LogP) is -0.192. The van der Waals surface area contributed by atoms with Crippen LogP contribution in [0.25, 0.3) is 0 Å². The lowest BCUT2D eigenvalue weighted by Crippen LogP contribution is -2.09. The van der Waals surface area contributed by atoms with Crippen molar-refractivity contribution in [1.82, 2.24) is 0 Å². The molecule has 0 radical (unpaired) electrons. The maximum Gasteiger partial charge on any atom is 0.0323 e. The molecule has 0 fully saturated rings. The zero-order valence-corrected chi connectivity index (χ0v) is 3.94. The van der Waals surface area contributed by atoms with Crippen LogP contribution in [-0.4, -0.2) is 6.54 Å². The Morgan fingerprint density at radius 2 is 2.33 bits per heavy atom. The molecule has 0 heterocycles. The summed E-state index contributed by atoms with van der Waals surface area (Å²) >= 11 is 0. The van der Waals surface area contributed by atoms with Gasteiger partial charge in [0, 0.05) is 12.2 Å². The highest BCUT2D eigenvalue weighted by atomic mass is 14.7. The summed E-state index contributed by atoms with van der Waals surface area (Å²) in [6, 6.07) is 0. The molecule has 2 nitrogen and oxygen atoms in total. The summed E-state index contributed by atoms with van der Waals surface area (Å²) in [5.74, 6) is 0. The van der Waals surface area contributed by atoms with Crippen molar-refractivity contribution in [3.8, 4) is 0 Å². The topological polar surface area (TPSA) is 52.0 Å². The Morgan fingerprint density at radius 1 is 1.83 bits per heavy atom.